The summed E-state index contributed by atoms with van der Waals surface area (Å²) in [6.45, 7) is 2.18. The van der Waals surface area contributed by atoms with Gasteiger partial charge in [-0.15, -0.1) is 10.2 Å². The van der Waals surface area contributed by atoms with Gasteiger partial charge in [0.15, 0.2) is 10.3 Å². The Morgan fingerprint density at radius 2 is 2.11 bits per heavy atom. The number of furan rings is 1. The molecule has 0 unspecified atom stereocenters. The number of carbonyl (C=O) groups is 1. The predicted molar refractivity (Wildman–Crippen MR) is 71.3 cm³/mol. The predicted octanol–water partition coefficient (Wildman–Crippen LogP) is 2.96. The van der Waals surface area contributed by atoms with Crippen LogP contribution in [-0.2, 0) is 6.54 Å². The number of amides is 1. The SMILES string of the molecule is Cc1ccc(CN(C)C(=O)c2cc(Cl)nnc2Cl)o1. The van der Waals surface area contributed by atoms with E-state index >= 15 is 0 Å². The fourth-order valence-electron chi connectivity index (χ4n) is 1.58. The van der Waals surface area contributed by atoms with Crippen LogP contribution in [0.5, 0.6) is 0 Å². The van der Waals surface area contributed by atoms with Crippen LogP contribution < -0.4 is 0 Å². The fraction of sp³-hybridized carbons (Fsp3) is 0.250. The van der Waals surface area contributed by atoms with E-state index in [2.05, 4.69) is 10.2 Å². The van der Waals surface area contributed by atoms with E-state index in [-0.39, 0.29) is 21.8 Å². The summed E-state index contributed by atoms with van der Waals surface area (Å²) in [5.74, 6) is 1.19. The van der Waals surface area contributed by atoms with Gasteiger partial charge in [-0.1, -0.05) is 23.2 Å². The molecule has 0 aromatic carbocycles. The lowest BCUT2D eigenvalue weighted by Gasteiger charge is -2.16. The summed E-state index contributed by atoms with van der Waals surface area (Å²) in [7, 11) is 1.64. The standard InChI is InChI=1S/C12H11Cl2N3O2/c1-7-3-4-8(19-7)6-17(2)12(18)9-5-10(13)15-16-11(9)14/h3-5H,6H2,1-2H3. The smallest absolute Gasteiger partial charge is 0.257 e. The second-order valence-corrected chi connectivity index (χ2v) is 4.79. The maximum Gasteiger partial charge on any atom is 0.257 e. The van der Waals surface area contributed by atoms with Crippen LogP contribution in [0, 0.1) is 6.92 Å². The van der Waals surface area contributed by atoms with Crippen molar-refractivity contribution in [1.82, 2.24) is 15.1 Å². The molecule has 7 heteroatoms. The average molecular weight is 300 g/mol. The minimum absolute atomic E-state index is 0.0249. The third kappa shape index (κ3) is 3.24. The van der Waals surface area contributed by atoms with Crippen LogP contribution in [0.4, 0.5) is 0 Å². The highest BCUT2D eigenvalue weighted by Crippen LogP contribution is 2.18. The number of halogens is 2. The van der Waals surface area contributed by atoms with Crippen molar-refractivity contribution in [2.75, 3.05) is 7.05 Å². The van der Waals surface area contributed by atoms with Gasteiger partial charge < -0.3 is 9.32 Å². The Labute approximate surface area is 120 Å². The third-order valence-electron chi connectivity index (χ3n) is 2.49. The molecule has 1 amide bonds. The van der Waals surface area contributed by atoms with E-state index in [0.717, 1.165) is 5.76 Å². The molecule has 0 atom stereocenters. The van der Waals surface area contributed by atoms with E-state index in [1.54, 1.807) is 7.05 Å². The summed E-state index contributed by atoms with van der Waals surface area (Å²) < 4.78 is 5.41. The summed E-state index contributed by atoms with van der Waals surface area (Å²) in [6, 6.07) is 5.05. The minimum Gasteiger partial charge on any atom is -0.464 e. The number of aromatic nitrogens is 2. The molecule has 2 aromatic rings. The topological polar surface area (TPSA) is 59.2 Å². The Kier molecular flexibility index (Phi) is 4.07. The van der Waals surface area contributed by atoms with Crippen molar-refractivity contribution in [2.24, 2.45) is 0 Å². The van der Waals surface area contributed by atoms with Gasteiger partial charge in [0.1, 0.15) is 11.5 Å². The van der Waals surface area contributed by atoms with E-state index in [9.17, 15) is 4.79 Å². The zero-order valence-corrected chi connectivity index (χ0v) is 11.9. The highest BCUT2D eigenvalue weighted by Gasteiger charge is 2.18. The molecule has 19 heavy (non-hydrogen) atoms. The van der Waals surface area contributed by atoms with Gasteiger partial charge in [-0.25, -0.2) is 0 Å². The number of carbonyl (C=O) groups excluding carboxylic acids is 1. The number of nitrogens with zero attached hydrogens (tertiary/aromatic N) is 3. The number of hydrogen-bond donors (Lipinski definition) is 0. The van der Waals surface area contributed by atoms with E-state index < -0.39 is 0 Å². The second-order valence-electron chi connectivity index (χ2n) is 4.05. The summed E-state index contributed by atoms with van der Waals surface area (Å²) in [5, 5.41) is 7.31. The van der Waals surface area contributed by atoms with E-state index in [1.807, 2.05) is 19.1 Å². The largest absolute Gasteiger partial charge is 0.464 e. The molecule has 2 heterocycles. The maximum absolute atomic E-state index is 12.2. The van der Waals surface area contributed by atoms with Crippen LogP contribution in [0.2, 0.25) is 10.3 Å². The Morgan fingerprint density at radius 1 is 1.37 bits per heavy atom. The van der Waals surface area contributed by atoms with Gasteiger partial charge in [-0.3, -0.25) is 4.79 Å². The Balaban J connectivity index is 2.16. The molecule has 5 nitrogen and oxygen atoms in total. The first-order valence-electron chi connectivity index (χ1n) is 5.47. The van der Waals surface area contributed by atoms with Crippen LogP contribution in [0.3, 0.4) is 0 Å². The first-order valence-corrected chi connectivity index (χ1v) is 6.22. The molecule has 0 saturated carbocycles. The van der Waals surface area contributed by atoms with Gasteiger partial charge in [0.25, 0.3) is 5.91 Å². The van der Waals surface area contributed by atoms with E-state index in [0.29, 0.717) is 12.3 Å². The zero-order chi connectivity index (χ0) is 14.0. The maximum atomic E-state index is 12.2. The van der Waals surface area contributed by atoms with Crippen LogP contribution >= 0.6 is 23.2 Å². The highest BCUT2D eigenvalue weighted by molar-refractivity contribution is 6.34. The van der Waals surface area contributed by atoms with Gasteiger partial charge in [0.05, 0.1) is 12.1 Å². The van der Waals surface area contributed by atoms with Gasteiger partial charge >= 0.3 is 0 Å². The molecule has 0 bridgehead atoms. The van der Waals surface area contributed by atoms with Crippen LogP contribution in [0.15, 0.2) is 22.6 Å². The van der Waals surface area contributed by atoms with Crippen molar-refractivity contribution in [2.45, 2.75) is 13.5 Å². The average Bonchev–Trinajstić information content (AvgIpc) is 2.77. The van der Waals surface area contributed by atoms with E-state index in [1.165, 1.54) is 11.0 Å². The van der Waals surface area contributed by atoms with Crippen molar-refractivity contribution in [3.05, 3.63) is 45.6 Å². The zero-order valence-electron chi connectivity index (χ0n) is 10.4. The molecule has 2 aromatic heterocycles. The molecule has 2 rings (SSSR count). The molecular formula is C12H11Cl2N3O2. The molecule has 0 aliphatic carbocycles. The molecule has 0 saturated heterocycles. The van der Waals surface area contributed by atoms with Crippen molar-refractivity contribution in [3.63, 3.8) is 0 Å². The normalized spacial score (nSPS) is 10.5. The summed E-state index contributed by atoms with van der Waals surface area (Å²) >= 11 is 11.5. The fourth-order valence-corrected chi connectivity index (χ4v) is 1.90. The Hall–Kier alpha value is -1.59. The first kappa shape index (κ1) is 13.8. The Bertz CT molecular complexity index is 613. The molecule has 0 aliphatic rings. The molecule has 0 spiro atoms. The number of rotatable bonds is 3. The molecule has 0 radical (unpaired) electrons. The summed E-state index contributed by atoms with van der Waals surface area (Å²) in [6.07, 6.45) is 0. The Morgan fingerprint density at radius 3 is 2.74 bits per heavy atom. The summed E-state index contributed by atoms with van der Waals surface area (Å²) in [5.41, 5.74) is 0.215. The lowest BCUT2D eigenvalue weighted by molar-refractivity contribution is 0.0774. The first-order chi connectivity index (χ1) is 8.97. The van der Waals surface area contributed by atoms with Crippen LogP contribution in [0.1, 0.15) is 21.9 Å². The second kappa shape index (κ2) is 5.59. The van der Waals surface area contributed by atoms with Crippen molar-refractivity contribution in [3.8, 4) is 0 Å². The molecule has 0 fully saturated rings. The number of aryl methyl sites for hydroxylation is 1. The number of hydrogen-bond acceptors (Lipinski definition) is 4. The monoisotopic (exact) mass is 299 g/mol. The van der Waals surface area contributed by atoms with Crippen molar-refractivity contribution >= 4 is 29.1 Å². The lowest BCUT2D eigenvalue weighted by atomic mass is 10.2. The van der Waals surface area contributed by atoms with Crippen molar-refractivity contribution < 1.29 is 9.21 Å². The van der Waals surface area contributed by atoms with Crippen molar-refractivity contribution in [1.29, 1.82) is 0 Å². The lowest BCUT2D eigenvalue weighted by Crippen LogP contribution is -2.26. The minimum atomic E-state index is -0.296. The van der Waals surface area contributed by atoms with E-state index in [4.69, 9.17) is 27.6 Å². The molecular weight excluding hydrogens is 289 g/mol. The summed E-state index contributed by atoms with van der Waals surface area (Å²) in [4.78, 5) is 13.7. The third-order valence-corrected chi connectivity index (χ3v) is 2.95. The highest BCUT2D eigenvalue weighted by atomic mass is 35.5. The van der Waals surface area contributed by atoms with Crippen LogP contribution in [-0.4, -0.2) is 28.1 Å². The van der Waals surface area contributed by atoms with Gasteiger partial charge in [0.2, 0.25) is 0 Å². The molecule has 0 aliphatic heterocycles. The van der Waals surface area contributed by atoms with Gasteiger partial charge in [-0.05, 0) is 25.1 Å². The van der Waals surface area contributed by atoms with Gasteiger partial charge in [0, 0.05) is 7.05 Å². The molecule has 100 valence electrons. The quantitative estimate of drug-likeness (QED) is 0.874. The van der Waals surface area contributed by atoms with Crippen LogP contribution in [0.25, 0.3) is 0 Å². The molecule has 0 N–H and O–H groups in total. The van der Waals surface area contributed by atoms with Gasteiger partial charge in [-0.2, -0.15) is 0 Å².